The molecule has 1 aromatic carbocycles. The number of likely N-dealkylation sites (tertiary alicyclic amines) is 1. The number of halogens is 1. The molecule has 1 saturated carbocycles. The van der Waals surface area contributed by atoms with E-state index in [9.17, 15) is 9.18 Å². The van der Waals surface area contributed by atoms with Crippen molar-refractivity contribution in [2.75, 3.05) is 19.7 Å². The minimum atomic E-state index is -0.182. The van der Waals surface area contributed by atoms with E-state index in [1.54, 1.807) is 29.2 Å². The van der Waals surface area contributed by atoms with Crippen LogP contribution in [0.2, 0.25) is 0 Å². The van der Waals surface area contributed by atoms with E-state index in [-0.39, 0.29) is 17.3 Å². The maximum atomic E-state index is 13.3. The van der Waals surface area contributed by atoms with Crippen molar-refractivity contribution in [3.05, 3.63) is 53.9 Å². The van der Waals surface area contributed by atoms with Gasteiger partial charge >= 0.3 is 0 Å². The van der Waals surface area contributed by atoms with Crippen LogP contribution in [0.3, 0.4) is 0 Å². The minimum absolute atomic E-state index is 0.0127. The molecule has 3 fully saturated rings. The van der Waals surface area contributed by atoms with E-state index in [1.807, 2.05) is 24.1 Å². The van der Waals surface area contributed by atoms with E-state index in [4.69, 9.17) is 4.74 Å². The van der Waals surface area contributed by atoms with E-state index >= 15 is 0 Å². The summed E-state index contributed by atoms with van der Waals surface area (Å²) in [6, 6.07) is 8.03. The van der Waals surface area contributed by atoms with Crippen LogP contribution >= 0.6 is 0 Å². The van der Waals surface area contributed by atoms with E-state index in [0.717, 1.165) is 38.8 Å². The van der Waals surface area contributed by atoms with Gasteiger partial charge in [-0.15, -0.1) is 0 Å². The summed E-state index contributed by atoms with van der Waals surface area (Å²) in [6.07, 6.45) is 9.74. The number of carbonyl (C=O) groups is 1. The van der Waals surface area contributed by atoms with Crippen molar-refractivity contribution in [1.82, 2.24) is 19.4 Å². The Morgan fingerprint density at radius 1 is 1.19 bits per heavy atom. The predicted octanol–water partition coefficient (Wildman–Crippen LogP) is 3.38. The Bertz CT molecular complexity index is 916. The lowest BCUT2D eigenvalue weighted by Crippen LogP contribution is -2.54. The highest BCUT2D eigenvalue weighted by Crippen LogP contribution is 2.40. The summed E-state index contributed by atoms with van der Waals surface area (Å²) in [5, 5.41) is 0. The van der Waals surface area contributed by atoms with E-state index in [2.05, 4.69) is 9.88 Å². The van der Waals surface area contributed by atoms with Crippen molar-refractivity contribution in [3.8, 4) is 0 Å². The Morgan fingerprint density at radius 3 is 2.58 bits per heavy atom. The Hall–Kier alpha value is -2.25. The molecule has 3 aliphatic rings. The molecule has 3 heterocycles. The van der Waals surface area contributed by atoms with Crippen LogP contribution < -0.4 is 0 Å². The Morgan fingerprint density at radius 2 is 1.94 bits per heavy atom. The number of aryl methyl sites for hydroxylation is 1. The van der Waals surface area contributed by atoms with Gasteiger partial charge in [0.2, 0.25) is 0 Å². The molecule has 166 valence electrons. The lowest BCUT2D eigenvalue weighted by Gasteiger charge is -2.48. The largest absolute Gasteiger partial charge is 0.375 e. The average Bonchev–Trinajstić information content (AvgIpc) is 3.53. The van der Waals surface area contributed by atoms with Gasteiger partial charge in [-0.2, -0.15) is 0 Å². The molecule has 7 heteroatoms. The number of hydrogen-bond donors (Lipinski definition) is 0. The van der Waals surface area contributed by atoms with Crippen LogP contribution in [0.1, 0.15) is 54.6 Å². The van der Waals surface area contributed by atoms with Crippen LogP contribution in [-0.4, -0.2) is 62.6 Å². The number of aromatic nitrogens is 2. The lowest BCUT2D eigenvalue weighted by molar-refractivity contribution is -0.131. The first-order valence-electron chi connectivity index (χ1n) is 11.4. The topological polar surface area (TPSA) is 50.6 Å². The van der Waals surface area contributed by atoms with E-state index in [1.165, 1.54) is 18.4 Å². The van der Waals surface area contributed by atoms with Crippen LogP contribution in [0.15, 0.2) is 36.8 Å². The summed E-state index contributed by atoms with van der Waals surface area (Å²) < 4.78 is 21.5. The van der Waals surface area contributed by atoms with Crippen LogP contribution in [-0.2, 0) is 18.3 Å². The molecular formula is C24H31FN4O2. The second-order valence-electron chi connectivity index (χ2n) is 9.42. The molecule has 1 atom stereocenters. The summed E-state index contributed by atoms with van der Waals surface area (Å²) in [5.74, 6) is -0.169. The molecule has 0 bridgehead atoms. The van der Waals surface area contributed by atoms with Gasteiger partial charge < -0.3 is 14.2 Å². The number of rotatable bonds is 5. The highest BCUT2D eigenvalue weighted by atomic mass is 19.1. The number of hydrogen-bond acceptors (Lipinski definition) is 4. The number of amides is 1. The zero-order valence-electron chi connectivity index (χ0n) is 18.2. The second kappa shape index (κ2) is 8.36. The third-order valence-electron chi connectivity index (χ3n) is 7.12. The van der Waals surface area contributed by atoms with Crippen molar-refractivity contribution in [3.63, 3.8) is 0 Å². The molecule has 1 aromatic heterocycles. The first-order chi connectivity index (χ1) is 15.0. The Balaban J connectivity index is 1.23. The number of imidazole rings is 1. The van der Waals surface area contributed by atoms with Gasteiger partial charge in [-0.25, -0.2) is 9.37 Å². The molecule has 1 unspecified atom stereocenters. The fourth-order valence-corrected chi connectivity index (χ4v) is 5.20. The molecule has 6 nitrogen and oxygen atoms in total. The zero-order chi connectivity index (χ0) is 21.4. The van der Waals surface area contributed by atoms with Crippen LogP contribution in [0.25, 0.3) is 0 Å². The van der Waals surface area contributed by atoms with Gasteiger partial charge in [0.1, 0.15) is 11.5 Å². The number of carbonyl (C=O) groups excluding carboxylic acids is 1. The molecule has 0 N–H and O–H groups in total. The fraction of sp³-hybridized carbons (Fsp3) is 0.583. The first kappa shape index (κ1) is 20.6. The van der Waals surface area contributed by atoms with Gasteiger partial charge in [-0.3, -0.25) is 9.69 Å². The molecule has 2 aromatic rings. The van der Waals surface area contributed by atoms with Gasteiger partial charge in [0.15, 0.2) is 0 Å². The molecule has 0 radical (unpaired) electrons. The molecule has 5 rings (SSSR count). The number of piperidine rings is 1. The molecule has 31 heavy (non-hydrogen) atoms. The highest BCUT2D eigenvalue weighted by molar-refractivity contribution is 5.92. The second-order valence-corrected chi connectivity index (χ2v) is 9.42. The first-order valence-corrected chi connectivity index (χ1v) is 11.4. The standard InChI is InChI=1S/C24H31FN4O2/c1-27-16-22(26-17-27)23(30)28-11-9-24(10-12-28)14-21(8-13-31-24)29(20-6-7-20)15-18-2-4-19(25)5-3-18/h2-5,16-17,20-21H,6-15H2,1H3. The number of ether oxygens (including phenoxy) is 1. The van der Waals surface area contributed by atoms with Crippen LogP contribution in [0, 0.1) is 5.82 Å². The van der Waals surface area contributed by atoms with Gasteiger partial charge in [-0.05, 0) is 56.2 Å². The normalized spacial score (nSPS) is 23.5. The molecule has 1 amide bonds. The van der Waals surface area contributed by atoms with Crippen LogP contribution in [0.5, 0.6) is 0 Å². The van der Waals surface area contributed by atoms with Crippen molar-refractivity contribution < 1.29 is 13.9 Å². The quantitative estimate of drug-likeness (QED) is 0.736. The van der Waals surface area contributed by atoms with Gasteiger partial charge in [0.25, 0.3) is 5.91 Å². The fourth-order valence-electron chi connectivity index (χ4n) is 5.20. The summed E-state index contributed by atoms with van der Waals surface area (Å²) in [6.45, 7) is 3.06. The zero-order valence-corrected chi connectivity index (χ0v) is 18.2. The van der Waals surface area contributed by atoms with E-state index < -0.39 is 0 Å². The maximum Gasteiger partial charge on any atom is 0.274 e. The Kier molecular flexibility index (Phi) is 5.56. The summed E-state index contributed by atoms with van der Waals surface area (Å²) in [4.78, 5) is 21.5. The van der Waals surface area contributed by atoms with Gasteiger partial charge in [0, 0.05) is 51.6 Å². The molecule has 2 aliphatic heterocycles. The van der Waals surface area contributed by atoms with Crippen LogP contribution in [0.4, 0.5) is 4.39 Å². The van der Waals surface area contributed by atoms with Gasteiger partial charge in [0.05, 0.1) is 11.9 Å². The van der Waals surface area contributed by atoms with Crippen molar-refractivity contribution >= 4 is 5.91 Å². The molecule has 1 aliphatic carbocycles. The Labute approximate surface area is 183 Å². The van der Waals surface area contributed by atoms with Gasteiger partial charge in [-0.1, -0.05) is 12.1 Å². The summed E-state index contributed by atoms with van der Waals surface area (Å²) in [5.41, 5.74) is 1.55. The third-order valence-corrected chi connectivity index (χ3v) is 7.12. The number of nitrogens with zero attached hydrogens (tertiary/aromatic N) is 4. The summed E-state index contributed by atoms with van der Waals surface area (Å²) in [7, 11) is 1.88. The minimum Gasteiger partial charge on any atom is -0.375 e. The van der Waals surface area contributed by atoms with E-state index in [0.29, 0.717) is 30.9 Å². The average molecular weight is 427 g/mol. The van der Waals surface area contributed by atoms with Crippen molar-refractivity contribution in [2.24, 2.45) is 7.05 Å². The lowest BCUT2D eigenvalue weighted by atomic mass is 9.81. The SMILES string of the molecule is Cn1cnc(C(=O)N2CCC3(CC2)CC(N(Cc2ccc(F)cc2)C2CC2)CCO3)c1. The molecule has 1 spiro atoms. The summed E-state index contributed by atoms with van der Waals surface area (Å²) >= 11 is 0. The van der Waals surface area contributed by atoms with Crippen molar-refractivity contribution in [1.29, 1.82) is 0 Å². The third kappa shape index (κ3) is 4.53. The van der Waals surface area contributed by atoms with Crippen molar-refractivity contribution in [2.45, 2.75) is 62.8 Å². The maximum absolute atomic E-state index is 13.3. The monoisotopic (exact) mass is 426 g/mol. The predicted molar refractivity (Wildman–Crippen MR) is 115 cm³/mol. The smallest absolute Gasteiger partial charge is 0.274 e. The molecular weight excluding hydrogens is 395 g/mol. The molecule has 2 saturated heterocycles. The number of benzene rings is 1. The highest BCUT2D eigenvalue weighted by Gasteiger charge is 2.45.